The van der Waals surface area contributed by atoms with Crippen molar-refractivity contribution in [1.82, 2.24) is 0 Å². The number of hydrogen-bond acceptors (Lipinski definition) is 1. The molecule has 3 rings (SSSR count). The minimum atomic E-state index is 0.203. The zero-order valence-corrected chi connectivity index (χ0v) is 11.7. The first kappa shape index (κ1) is 12.2. The topological polar surface area (TPSA) is 12.0 Å². The van der Waals surface area contributed by atoms with Gasteiger partial charge in [-0.05, 0) is 35.4 Å². The van der Waals surface area contributed by atoms with E-state index < -0.39 is 0 Å². The second-order valence-corrected chi connectivity index (χ2v) is 5.56. The minimum absolute atomic E-state index is 0.203. The first-order valence-corrected chi connectivity index (χ1v) is 6.77. The van der Waals surface area contributed by atoms with Gasteiger partial charge in [0.1, 0.15) is 0 Å². The Kier molecular flexibility index (Phi) is 3.14. The van der Waals surface area contributed by atoms with Crippen LogP contribution in [0.1, 0.15) is 17.2 Å². The van der Waals surface area contributed by atoms with Crippen molar-refractivity contribution < 1.29 is 0 Å². The molecular weight excluding hydrogens is 289 g/mol. The number of fused-ring (bicyclic) bond motifs is 1. The Hall–Kier alpha value is -0.890. The molecule has 0 spiro atoms. The Bertz CT molecular complexity index is 610. The fraction of sp³-hybridized carbons (Fsp3) is 0.143. The van der Waals surface area contributed by atoms with E-state index in [4.69, 9.17) is 34.8 Å². The summed E-state index contributed by atoms with van der Waals surface area (Å²) in [6, 6.07) is 11.8. The number of halogens is 3. The van der Waals surface area contributed by atoms with Gasteiger partial charge in [0.2, 0.25) is 0 Å². The maximum atomic E-state index is 6.19. The van der Waals surface area contributed by atoms with Gasteiger partial charge in [-0.25, -0.2) is 0 Å². The van der Waals surface area contributed by atoms with E-state index in [0.29, 0.717) is 10.0 Å². The van der Waals surface area contributed by atoms with Crippen molar-refractivity contribution >= 4 is 40.5 Å². The van der Waals surface area contributed by atoms with Gasteiger partial charge in [-0.1, -0.05) is 46.9 Å². The summed E-state index contributed by atoms with van der Waals surface area (Å²) in [7, 11) is 0. The highest BCUT2D eigenvalue weighted by Gasteiger charge is 2.24. The summed E-state index contributed by atoms with van der Waals surface area (Å²) in [5.41, 5.74) is 3.38. The van der Waals surface area contributed by atoms with E-state index in [2.05, 4.69) is 5.32 Å². The monoisotopic (exact) mass is 297 g/mol. The Morgan fingerprint density at radius 1 is 0.944 bits per heavy atom. The molecule has 0 radical (unpaired) electrons. The van der Waals surface area contributed by atoms with Crippen LogP contribution in [-0.2, 0) is 6.42 Å². The van der Waals surface area contributed by atoms with Crippen LogP contribution in [0.2, 0.25) is 15.1 Å². The largest absolute Gasteiger partial charge is 0.378 e. The van der Waals surface area contributed by atoms with Crippen LogP contribution in [0.5, 0.6) is 0 Å². The standard InChI is InChI=1S/C14H10Cl3N/c15-10-2-1-3-13-9(10)7-14(18-13)8-4-5-11(16)12(17)6-8/h1-6,14,18H,7H2. The van der Waals surface area contributed by atoms with Gasteiger partial charge in [-0.3, -0.25) is 0 Å². The Morgan fingerprint density at radius 3 is 2.50 bits per heavy atom. The Labute approximate surface area is 121 Å². The van der Waals surface area contributed by atoms with Crippen LogP contribution in [0.25, 0.3) is 0 Å². The van der Waals surface area contributed by atoms with Crippen molar-refractivity contribution in [2.45, 2.75) is 12.5 Å². The van der Waals surface area contributed by atoms with Gasteiger partial charge in [0.05, 0.1) is 16.1 Å². The molecule has 1 unspecified atom stereocenters. The molecule has 4 heteroatoms. The first-order chi connectivity index (χ1) is 8.65. The number of anilines is 1. The van der Waals surface area contributed by atoms with E-state index in [1.807, 2.05) is 36.4 Å². The van der Waals surface area contributed by atoms with Crippen LogP contribution in [0, 0.1) is 0 Å². The van der Waals surface area contributed by atoms with Crippen molar-refractivity contribution in [3.63, 3.8) is 0 Å². The maximum Gasteiger partial charge on any atom is 0.0595 e. The molecule has 2 aromatic rings. The number of benzene rings is 2. The molecule has 1 atom stereocenters. The molecule has 1 heterocycles. The lowest BCUT2D eigenvalue weighted by molar-refractivity contribution is 0.824. The highest BCUT2D eigenvalue weighted by atomic mass is 35.5. The average Bonchev–Trinajstić information content (AvgIpc) is 2.78. The van der Waals surface area contributed by atoms with E-state index in [9.17, 15) is 0 Å². The molecular formula is C14H10Cl3N. The summed E-state index contributed by atoms with van der Waals surface area (Å²) >= 11 is 18.2. The van der Waals surface area contributed by atoms with E-state index in [0.717, 1.165) is 28.3 Å². The maximum absolute atomic E-state index is 6.19. The molecule has 92 valence electrons. The molecule has 1 aliphatic rings. The molecule has 0 bridgehead atoms. The molecule has 1 nitrogen and oxygen atoms in total. The first-order valence-electron chi connectivity index (χ1n) is 5.64. The third-order valence-electron chi connectivity index (χ3n) is 3.20. The molecule has 1 N–H and O–H groups in total. The van der Waals surface area contributed by atoms with E-state index in [1.165, 1.54) is 0 Å². The number of hydrogen-bond donors (Lipinski definition) is 1. The van der Waals surface area contributed by atoms with Crippen LogP contribution < -0.4 is 5.32 Å². The number of rotatable bonds is 1. The van der Waals surface area contributed by atoms with Crippen molar-refractivity contribution in [2.75, 3.05) is 5.32 Å². The quantitative estimate of drug-likeness (QED) is 0.747. The fourth-order valence-electron chi connectivity index (χ4n) is 2.27. The SMILES string of the molecule is Clc1ccc(C2Cc3c(Cl)cccc3N2)cc1Cl. The van der Waals surface area contributed by atoms with Gasteiger partial charge in [-0.15, -0.1) is 0 Å². The van der Waals surface area contributed by atoms with Crippen LogP contribution in [0.15, 0.2) is 36.4 Å². The number of nitrogens with one attached hydrogen (secondary N) is 1. The van der Waals surface area contributed by atoms with Crippen molar-refractivity contribution in [3.8, 4) is 0 Å². The summed E-state index contributed by atoms with van der Waals surface area (Å²) in [5.74, 6) is 0. The van der Waals surface area contributed by atoms with Crippen LogP contribution >= 0.6 is 34.8 Å². The third kappa shape index (κ3) is 2.07. The van der Waals surface area contributed by atoms with E-state index in [1.54, 1.807) is 0 Å². The van der Waals surface area contributed by atoms with Gasteiger partial charge in [-0.2, -0.15) is 0 Å². The smallest absolute Gasteiger partial charge is 0.0595 e. The molecule has 0 fully saturated rings. The molecule has 0 aliphatic carbocycles. The fourth-order valence-corrected chi connectivity index (χ4v) is 2.83. The van der Waals surface area contributed by atoms with Crippen LogP contribution in [-0.4, -0.2) is 0 Å². The second-order valence-electron chi connectivity index (χ2n) is 4.34. The third-order valence-corrected chi connectivity index (χ3v) is 4.30. The van der Waals surface area contributed by atoms with Crippen LogP contribution in [0.3, 0.4) is 0 Å². The van der Waals surface area contributed by atoms with Crippen molar-refractivity contribution in [3.05, 3.63) is 62.6 Å². The Balaban J connectivity index is 1.94. The lowest BCUT2D eigenvalue weighted by Gasteiger charge is -2.12. The highest BCUT2D eigenvalue weighted by molar-refractivity contribution is 6.42. The highest BCUT2D eigenvalue weighted by Crippen LogP contribution is 2.39. The normalized spacial score (nSPS) is 17.4. The van der Waals surface area contributed by atoms with Crippen LogP contribution in [0.4, 0.5) is 5.69 Å². The molecule has 18 heavy (non-hydrogen) atoms. The van der Waals surface area contributed by atoms with Gasteiger partial charge in [0.15, 0.2) is 0 Å². The molecule has 2 aromatic carbocycles. The van der Waals surface area contributed by atoms with Gasteiger partial charge in [0.25, 0.3) is 0 Å². The lowest BCUT2D eigenvalue weighted by atomic mass is 10.0. The summed E-state index contributed by atoms with van der Waals surface area (Å²) < 4.78 is 0. The van der Waals surface area contributed by atoms with E-state index in [-0.39, 0.29) is 6.04 Å². The molecule has 1 aliphatic heterocycles. The van der Waals surface area contributed by atoms with Gasteiger partial charge in [0, 0.05) is 17.1 Å². The lowest BCUT2D eigenvalue weighted by Crippen LogP contribution is -2.05. The predicted octanol–water partition coefficient (Wildman–Crippen LogP) is 5.36. The second kappa shape index (κ2) is 4.65. The summed E-state index contributed by atoms with van der Waals surface area (Å²) in [5, 5.41) is 5.42. The van der Waals surface area contributed by atoms with Gasteiger partial charge >= 0.3 is 0 Å². The van der Waals surface area contributed by atoms with E-state index >= 15 is 0 Å². The average molecular weight is 299 g/mol. The Morgan fingerprint density at radius 2 is 1.78 bits per heavy atom. The predicted molar refractivity (Wildman–Crippen MR) is 78.0 cm³/mol. The summed E-state index contributed by atoms with van der Waals surface area (Å²) in [6.45, 7) is 0. The molecule has 0 saturated carbocycles. The zero-order valence-electron chi connectivity index (χ0n) is 9.38. The molecule has 0 amide bonds. The summed E-state index contributed by atoms with van der Waals surface area (Å²) in [6.07, 6.45) is 0.868. The minimum Gasteiger partial charge on any atom is -0.378 e. The molecule has 0 aromatic heterocycles. The van der Waals surface area contributed by atoms with Gasteiger partial charge < -0.3 is 5.32 Å². The van der Waals surface area contributed by atoms with Crippen molar-refractivity contribution in [2.24, 2.45) is 0 Å². The molecule has 0 saturated heterocycles. The summed E-state index contributed by atoms with van der Waals surface area (Å²) in [4.78, 5) is 0. The zero-order chi connectivity index (χ0) is 12.7. The van der Waals surface area contributed by atoms with Crippen molar-refractivity contribution in [1.29, 1.82) is 0 Å².